The van der Waals surface area contributed by atoms with E-state index in [0.717, 1.165) is 127 Å². The van der Waals surface area contributed by atoms with Gasteiger partial charge in [0.1, 0.15) is 22.3 Å². The molecule has 0 fully saturated rings. The van der Waals surface area contributed by atoms with Crippen molar-refractivity contribution in [3.8, 4) is 113 Å². The minimum Gasteiger partial charge on any atom is -0.456 e. The predicted octanol–water partition coefficient (Wildman–Crippen LogP) is 27.9. The summed E-state index contributed by atoms with van der Waals surface area (Å²) in [7, 11) is 0. The van der Waals surface area contributed by atoms with Crippen LogP contribution in [0, 0.1) is 0 Å². The molecule has 560 valence electrons. The second-order valence-corrected chi connectivity index (χ2v) is 30.9. The first kappa shape index (κ1) is 69.6. The predicted molar refractivity (Wildman–Crippen MR) is 487 cm³/mol. The lowest BCUT2D eigenvalue weighted by Crippen LogP contribution is -2.28. The summed E-state index contributed by atoms with van der Waals surface area (Å²) < 4.78 is 13.8. The van der Waals surface area contributed by atoms with Crippen molar-refractivity contribution in [2.45, 2.75) is 10.8 Å². The molecule has 4 heterocycles. The van der Waals surface area contributed by atoms with Gasteiger partial charge < -0.3 is 8.83 Å². The minimum atomic E-state index is -0.526. The highest BCUT2D eigenvalue weighted by atomic mass is 16.3. The van der Waals surface area contributed by atoms with Crippen LogP contribution >= 0.6 is 0 Å². The third-order valence-electron chi connectivity index (χ3n) is 24.4. The van der Waals surface area contributed by atoms with Gasteiger partial charge in [-0.25, -0.2) is 29.9 Å². The summed E-state index contributed by atoms with van der Waals surface area (Å²) in [6.07, 6.45) is 0. The topological polar surface area (TPSA) is 104 Å². The van der Waals surface area contributed by atoms with E-state index in [1.165, 1.54) is 61.2 Å². The molecule has 4 aromatic heterocycles. The van der Waals surface area contributed by atoms with Gasteiger partial charge in [0.2, 0.25) is 0 Å². The van der Waals surface area contributed by atoms with Gasteiger partial charge >= 0.3 is 0 Å². The molecule has 2 aliphatic carbocycles. The Morgan fingerprint density at radius 3 is 0.975 bits per heavy atom. The first-order valence-electron chi connectivity index (χ1n) is 40.7. The summed E-state index contributed by atoms with van der Waals surface area (Å²) in [5.41, 5.74) is 27.1. The molecule has 24 rings (SSSR count). The van der Waals surface area contributed by atoms with Crippen LogP contribution in [0.3, 0.4) is 0 Å². The largest absolute Gasteiger partial charge is 0.456 e. The van der Waals surface area contributed by atoms with E-state index in [2.05, 4.69) is 328 Å². The van der Waals surface area contributed by atoms with Crippen LogP contribution in [0.25, 0.3) is 178 Å². The van der Waals surface area contributed by atoms with Crippen molar-refractivity contribution in [2.75, 3.05) is 0 Å². The monoisotopic (exact) mass is 1530 g/mol. The van der Waals surface area contributed by atoms with Gasteiger partial charge in [-0.3, -0.25) is 0 Å². The van der Waals surface area contributed by atoms with E-state index in [1.807, 2.05) is 97.1 Å². The second kappa shape index (κ2) is 28.5. The van der Waals surface area contributed by atoms with E-state index >= 15 is 0 Å². The van der Waals surface area contributed by atoms with Gasteiger partial charge in [0.05, 0.1) is 10.8 Å². The van der Waals surface area contributed by atoms with Crippen molar-refractivity contribution in [3.05, 3.63) is 469 Å². The number of rotatable bonds is 12. The molecule has 0 bridgehead atoms. The Morgan fingerprint density at radius 1 is 0.175 bits per heavy atom. The number of hydrogen-bond donors (Lipinski definition) is 0. The molecule has 0 atom stereocenters. The molecule has 22 aromatic rings. The summed E-state index contributed by atoms with van der Waals surface area (Å²) in [5.74, 6) is 3.75. The maximum atomic E-state index is 6.92. The molecule has 0 saturated carbocycles. The molecule has 18 aromatic carbocycles. The number of hydrogen-bond acceptors (Lipinski definition) is 8. The fourth-order valence-electron chi connectivity index (χ4n) is 19.2. The highest BCUT2D eigenvalue weighted by Crippen LogP contribution is 2.59. The quantitative estimate of drug-likeness (QED) is 0.119. The third-order valence-corrected chi connectivity index (χ3v) is 24.4. The Bertz CT molecular complexity index is 7570. The molecule has 8 heteroatoms. The lowest BCUT2D eigenvalue weighted by molar-refractivity contribution is 0.665. The smallest absolute Gasteiger partial charge is 0.165 e. The molecule has 0 spiro atoms. The van der Waals surface area contributed by atoms with E-state index < -0.39 is 10.8 Å². The van der Waals surface area contributed by atoms with Crippen molar-refractivity contribution < 1.29 is 8.83 Å². The van der Waals surface area contributed by atoms with E-state index in [0.29, 0.717) is 34.9 Å². The number of fused-ring (bicyclic) bond motifs is 14. The van der Waals surface area contributed by atoms with Gasteiger partial charge in [0.15, 0.2) is 34.9 Å². The lowest BCUT2D eigenvalue weighted by Gasteiger charge is -2.33. The first-order chi connectivity index (χ1) is 59.5. The van der Waals surface area contributed by atoms with Crippen LogP contribution in [0.5, 0.6) is 0 Å². The number of nitrogens with zero attached hydrogens (tertiary/aromatic N) is 6. The Hall–Kier alpha value is -15.9. The molecule has 0 radical (unpaired) electrons. The van der Waals surface area contributed by atoms with Crippen molar-refractivity contribution in [1.82, 2.24) is 29.9 Å². The highest BCUT2D eigenvalue weighted by molar-refractivity contribution is 6.17. The Balaban J connectivity index is 0.000000140. The molecule has 0 N–H and O–H groups in total. The standard InChI is InChI=1S/2C56H35N3O/c1-4-18-37(19-5-1)53-57-54(38-20-6-2-7-21-38)59-55(58-53)52-41-24-11-10-17-36(41)31-33-45(52)44-27-16-30-49-51(44)46-34-32-40(35-50(46)60-49)56(39-22-8-3-9-23-39)47-28-14-12-25-42(47)43-26-13-15-29-48(43)56;1-4-17-36(18-5-1)53-57-54(37-19-6-2-7-20-37)59-55(58-53)47-34-39(33-38-21-10-11-24-42(38)47)43-27-16-30-50-52(43)46-32-31-41(35-51(46)60-50)56(40-22-8-3-9-23-40)48-28-14-12-25-44(48)45-26-13-15-29-49(45)56/h2*1-35H. The summed E-state index contributed by atoms with van der Waals surface area (Å²) in [6, 6.07) is 150. The molecular formula is C112H70N6O2. The van der Waals surface area contributed by atoms with Gasteiger partial charge in [-0.2, -0.15) is 0 Å². The lowest BCUT2D eigenvalue weighted by atomic mass is 9.67. The van der Waals surface area contributed by atoms with E-state index in [9.17, 15) is 0 Å². The van der Waals surface area contributed by atoms with E-state index in [4.69, 9.17) is 38.7 Å². The Labute approximate surface area is 692 Å². The summed E-state index contributed by atoms with van der Waals surface area (Å²) >= 11 is 0. The van der Waals surface area contributed by atoms with Crippen molar-refractivity contribution in [3.63, 3.8) is 0 Å². The molecular weight excluding hydrogens is 1460 g/mol. The minimum absolute atomic E-state index is 0.514. The van der Waals surface area contributed by atoms with Crippen molar-refractivity contribution in [2.24, 2.45) is 0 Å². The Morgan fingerprint density at radius 2 is 0.525 bits per heavy atom. The zero-order valence-corrected chi connectivity index (χ0v) is 64.9. The summed E-state index contributed by atoms with van der Waals surface area (Å²) in [4.78, 5) is 30.8. The third kappa shape index (κ3) is 11.2. The fourth-order valence-corrected chi connectivity index (χ4v) is 19.2. The fraction of sp³-hybridized carbons (Fsp3) is 0.0179. The first-order valence-corrected chi connectivity index (χ1v) is 40.7. The van der Waals surface area contributed by atoms with Crippen molar-refractivity contribution >= 4 is 65.4 Å². The van der Waals surface area contributed by atoms with Gasteiger partial charge in [-0.15, -0.1) is 0 Å². The average Bonchev–Trinajstić information content (AvgIpc) is 1.54. The molecule has 0 unspecified atom stereocenters. The highest BCUT2D eigenvalue weighted by Gasteiger charge is 2.48. The van der Waals surface area contributed by atoms with E-state index in [-0.39, 0.29) is 0 Å². The van der Waals surface area contributed by atoms with E-state index in [1.54, 1.807) is 0 Å². The molecule has 120 heavy (non-hydrogen) atoms. The molecule has 8 nitrogen and oxygen atoms in total. The second-order valence-electron chi connectivity index (χ2n) is 30.9. The average molecular weight is 1530 g/mol. The normalized spacial score (nSPS) is 12.8. The van der Waals surface area contributed by atoms with Crippen LogP contribution in [0.15, 0.2) is 433 Å². The number of furan rings is 2. The van der Waals surface area contributed by atoms with Gasteiger partial charge in [-0.1, -0.05) is 388 Å². The maximum Gasteiger partial charge on any atom is 0.165 e. The van der Waals surface area contributed by atoms with Crippen LogP contribution in [0.2, 0.25) is 0 Å². The van der Waals surface area contributed by atoms with Crippen LogP contribution in [-0.4, -0.2) is 29.9 Å². The van der Waals surface area contributed by atoms with Gasteiger partial charge in [0.25, 0.3) is 0 Å². The van der Waals surface area contributed by atoms with Crippen LogP contribution < -0.4 is 0 Å². The molecule has 0 saturated heterocycles. The van der Waals surface area contributed by atoms with Crippen LogP contribution in [-0.2, 0) is 10.8 Å². The van der Waals surface area contributed by atoms with Gasteiger partial charge in [0, 0.05) is 54.9 Å². The Kier molecular flexibility index (Phi) is 16.5. The van der Waals surface area contributed by atoms with Crippen molar-refractivity contribution in [1.29, 1.82) is 0 Å². The SMILES string of the molecule is c1ccc(-c2nc(-c3ccccc3)nc(-c3c(-c4cccc5oc6cc(C7(c8ccccc8)c8ccccc8-c8ccccc87)ccc6c45)ccc4ccccc34)n2)cc1.c1ccc(-c2nc(-c3ccccc3)nc(-c3cc(-c4cccc5oc6cc(C7(c8ccccc8)c8ccccc8-c8ccccc87)ccc6c45)cc4ccccc34)n2)cc1. The maximum absolute atomic E-state index is 6.92. The molecule has 0 aliphatic heterocycles. The molecule has 2 aliphatic rings. The molecule has 0 amide bonds. The number of benzene rings is 18. The van der Waals surface area contributed by atoms with Gasteiger partial charge in [-0.05, 0) is 147 Å². The summed E-state index contributed by atoms with van der Waals surface area (Å²) in [5, 5.41) is 8.60. The zero-order chi connectivity index (χ0) is 79.2. The van der Waals surface area contributed by atoms with Crippen LogP contribution in [0.1, 0.15) is 44.5 Å². The van der Waals surface area contributed by atoms with Crippen LogP contribution in [0.4, 0.5) is 0 Å². The number of aromatic nitrogens is 6. The summed E-state index contributed by atoms with van der Waals surface area (Å²) in [6.45, 7) is 0. The zero-order valence-electron chi connectivity index (χ0n) is 64.9.